The maximum absolute atomic E-state index is 13.5. The van der Waals surface area contributed by atoms with Crippen molar-refractivity contribution in [3.05, 3.63) is 105 Å². The van der Waals surface area contributed by atoms with Crippen LogP contribution in [0.25, 0.3) is 39.4 Å². The highest BCUT2D eigenvalue weighted by Crippen LogP contribution is 2.34. The van der Waals surface area contributed by atoms with Crippen LogP contribution in [0.1, 0.15) is 37.8 Å². The van der Waals surface area contributed by atoms with Crippen LogP contribution >= 0.6 is 11.3 Å². The average molecular weight is 576 g/mol. The summed E-state index contributed by atoms with van der Waals surface area (Å²) in [7, 11) is 0. The number of hydrogen-bond acceptors (Lipinski definition) is 7. The highest BCUT2D eigenvalue weighted by molar-refractivity contribution is 7.15. The van der Waals surface area contributed by atoms with Crippen LogP contribution in [-0.4, -0.2) is 37.1 Å². The second-order valence-electron chi connectivity index (χ2n) is 10.4. The Morgan fingerprint density at radius 2 is 1.86 bits per heavy atom. The topological polar surface area (TPSA) is 83.5 Å². The largest absolute Gasteiger partial charge is 0.494 e. The first-order chi connectivity index (χ1) is 20.6. The molecule has 0 aliphatic carbocycles. The van der Waals surface area contributed by atoms with E-state index in [4.69, 9.17) is 14.6 Å². The number of hydrogen-bond donors (Lipinski definition) is 0. The molecule has 1 atom stereocenters. The zero-order valence-electron chi connectivity index (χ0n) is 23.4. The second-order valence-corrected chi connectivity index (χ2v) is 11.4. The molecule has 0 radical (unpaired) electrons. The molecular formula is C33H29N5O3S. The fraction of sp³-hybridized carbons (Fsp3) is 0.212. The average Bonchev–Trinajstić information content (AvgIpc) is 3.77. The van der Waals surface area contributed by atoms with Gasteiger partial charge < -0.3 is 9.47 Å². The normalized spacial score (nSPS) is 14.8. The minimum atomic E-state index is -0.206. The zero-order chi connectivity index (χ0) is 28.6. The quantitative estimate of drug-likeness (QED) is 0.216. The molecule has 1 aliphatic rings. The number of ether oxygens (including phenoxy) is 2. The second kappa shape index (κ2) is 10.9. The molecule has 0 bridgehead atoms. The van der Waals surface area contributed by atoms with Gasteiger partial charge in [0.2, 0.25) is 4.96 Å². The Balaban J connectivity index is 1.26. The van der Waals surface area contributed by atoms with E-state index in [0.717, 1.165) is 64.4 Å². The van der Waals surface area contributed by atoms with Crippen molar-refractivity contribution in [2.45, 2.75) is 39.2 Å². The fourth-order valence-electron chi connectivity index (χ4n) is 5.13. The van der Waals surface area contributed by atoms with Crippen molar-refractivity contribution in [2.24, 2.45) is 0 Å². The molecule has 0 spiro atoms. The van der Waals surface area contributed by atoms with E-state index >= 15 is 0 Å². The minimum Gasteiger partial charge on any atom is -0.494 e. The van der Waals surface area contributed by atoms with Crippen LogP contribution in [0.15, 0.2) is 83.8 Å². The van der Waals surface area contributed by atoms with Gasteiger partial charge in [0.15, 0.2) is 5.82 Å². The lowest BCUT2D eigenvalue weighted by atomic mass is 10.0. The van der Waals surface area contributed by atoms with E-state index in [1.54, 1.807) is 0 Å². The van der Waals surface area contributed by atoms with Gasteiger partial charge in [-0.05, 0) is 79.6 Å². The molecule has 0 saturated carbocycles. The van der Waals surface area contributed by atoms with Crippen LogP contribution in [0.2, 0.25) is 0 Å². The van der Waals surface area contributed by atoms with Crippen molar-refractivity contribution >= 4 is 22.4 Å². The van der Waals surface area contributed by atoms with Gasteiger partial charge in [-0.1, -0.05) is 42.9 Å². The highest BCUT2D eigenvalue weighted by atomic mass is 32.1. The summed E-state index contributed by atoms with van der Waals surface area (Å²) in [6.45, 7) is 4.90. The molecule has 0 saturated heterocycles. The summed E-state index contributed by atoms with van der Waals surface area (Å²) in [5.41, 5.74) is 5.34. The van der Waals surface area contributed by atoms with Gasteiger partial charge >= 0.3 is 0 Å². The lowest BCUT2D eigenvalue weighted by Gasteiger charge is -2.05. The number of thiazole rings is 1. The van der Waals surface area contributed by atoms with Crippen molar-refractivity contribution in [1.29, 1.82) is 0 Å². The third-order valence-electron chi connectivity index (χ3n) is 7.28. The number of unbranched alkanes of at least 4 members (excludes halogenated alkanes) is 1. The number of para-hydroxylation sites is 1. The Bertz CT molecular complexity index is 1990. The van der Waals surface area contributed by atoms with Crippen molar-refractivity contribution in [1.82, 2.24) is 24.4 Å². The standard InChI is InChI=1S/C33H29N5O3S/c1-3-4-16-40-27-13-10-22(11-14-27)31-34-33-38(36-31)32(39)29(42-33)19-25-20-37(26-8-6-5-7-9-26)35-30(25)23-12-15-28-24(18-23)17-21(2)41-28/h5-15,18-21H,3-4,16-17H2,1-2H3/b29-19-. The summed E-state index contributed by atoms with van der Waals surface area (Å²) in [4.78, 5) is 18.7. The molecule has 42 heavy (non-hydrogen) atoms. The molecule has 0 amide bonds. The fourth-order valence-corrected chi connectivity index (χ4v) is 6.03. The summed E-state index contributed by atoms with van der Waals surface area (Å²) in [5.74, 6) is 2.24. The number of aromatic nitrogens is 5. The summed E-state index contributed by atoms with van der Waals surface area (Å²) < 4.78 is 15.4. The Kier molecular flexibility index (Phi) is 6.79. The minimum absolute atomic E-state index is 0.156. The first kappa shape index (κ1) is 26.2. The monoisotopic (exact) mass is 575 g/mol. The van der Waals surface area contributed by atoms with Crippen LogP contribution in [0.5, 0.6) is 11.5 Å². The van der Waals surface area contributed by atoms with Gasteiger partial charge in [-0.25, -0.2) is 4.68 Å². The predicted molar refractivity (Wildman–Crippen MR) is 165 cm³/mol. The Morgan fingerprint density at radius 3 is 2.64 bits per heavy atom. The van der Waals surface area contributed by atoms with Gasteiger partial charge in [-0.3, -0.25) is 4.79 Å². The number of fused-ring (bicyclic) bond motifs is 2. The molecule has 9 heteroatoms. The number of nitrogens with zero attached hydrogens (tertiary/aromatic N) is 5. The third-order valence-corrected chi connectivity index (χ3v) is 8.24. The predicted octanol–water partition coefficient (Wildman–Crippen LogP) is 5.72. The van der Waals surface area contributed by atoms with Crippen molar-refractivity contribution in [2.75, 3.05) is 6.61 Å². The van der Waals surface area contributed by atoms with E-state index < -0.39 is 0 Å². The maximum atomic E-state index is 13.5. The molecule has 1 unspecified atom stereocenters. The smallest absolute Gasteiger partial charge is 0.291 e. The third kappa shape index (κ3) is 4.96. The lowest BCUT2D eigenvalue weighted by Crippen LogP contribution is -2.23. The number of rotatable bonds is 8. The Morgan fingerprint density at radius 1 is 1.05 bits per heavy atom. The van der Waals surface area contributed by atoms with Gasteiger partial charge in [0.05, 0.1) is 16.8 Å². The van der Waals surface area contributed by atoms with Crippen molar-refractivity contribution < 1.29 is 9.47 Å². The Hall–Kier alpha value is -4.76. The van der Waals surface area contributed by atoms with E-state index in [1.807, 2.05) is 83.7 Å². The van der Waals surface area contributed by atoms with Crippen LogP contribution in [0.4, 0.5) is 0 Å². The van der Waals surface area contributed by atoms with E-state index in [9.17, 15) is 4.79 Å². The van der Waals surface area contributed by atoms with Crippen LogP contribution in [0.3, 0.4) is 0 Å². The highest BCUT2D eigenvalue weighted by Gasteiger charge is 2.21. The molecule has 3 aromatic heterocycles. The van der Waals surface area contributed by atoms with Crippen LogP contribution in [0, 0.1) is 0 Å². The van der Waals surface area contributed by atoms with E-state index in [0.29, 0.717) is 21.9 Å². The maximum Gasteiger partial charge on any atom is 0.291 e. The molecule has 0 fully saturated rings. The molecule has 4 heterocycles. The van der Waals surface area contributed by atoms with Crippen molar-refractivity contribution in [3.8, 4) is 39.8 Å². The van der Waals surface area contributed by atoms with Gasteiger partial charge in [-0.15, -0.1) is 5.10 Å². The summed E-state index contributed by atoms with van der Waals surface area (Å²) in [6, 6.07) is 23.8. The van der Waals surface area contributed by atoms with Crippen LogP contribution in [-0.2, 0) is 6.42 Å². The van der Waals surface area contributed by atoms with Gasteiger partial charge in [0, 0.05) is 29.3 Å². The molecule has 210 valence electrons. The molecule has 6 aromatic rings. The summed E-state index contributed by atoms with van der Waals surface area (Å²) in [5, 5.41) is 9.48. The zero-order valence-corrected chi connectivity index (χ0v) is 24.2. The molecule has 7 rings (SSSR count). The van der Waals surface area contributed by atoms with Gasteiger partial charge in [0.25, 0.3) is 5.56 Å². The van der Waals surface area contributed by atoms with Gasteiger partial charge in [0.1, 0.15) is 23.3 Å². The number of benzene rings is 3. The van der Waals surface area contributed by atoms with Crippen LogP contribution < -0.4 is 19.6 Å². The first-order valence-electron chi connectivity index (χ1n) is 14.2. The molecule has 3 aromatic carbocycles. The SMILES string of the molecule is CCCCOc1ccc(-c2nc3s/c(=C\c4cn(-c5ccccc5)nc4-c4ccc5c(c4)CC(C)O5)c(=O)n3n2)cc1. The van der Waals surface area contributed by atoms with Crippen molar-refractivity contribution in [3.63, 3.8) is 0 Å². The first-order valence-corrected chi connectivity index (χ1v) is 15.0. The molecule has 0 N–H and O–H groups in total. The molecular weight excluding hydrogens is 546 g/mol. The summed E-state index contributed by atoms with van der Waals surface area (Å²) >= 11 is 1.32. The van der Waals surface area contributed by atoms with E-state index in [-0.39, 0.29) is 11.7 Å². The molecule has 1 aliphatic heterocycles. The van der Waals surface area contributed by atoms with E-state index in [2.05, 4.69) is 30.0 Å². The summed E-state index contributed by atoms with van der Waals surface area (Å²) in [6.07, 6.45) is 6.97. The van der Waals surface area contributed by atoms with Gasteiger partial charge in [-0.2, -0.15) is 14.6 Å². The van der Waals surface area contributed by atoms with E-state index in [1.165, 1.54) is 15.9 Å². The lowest BCUT2D eigenvalue weighted by molar-refractivity contribution is 0.254. The molecule has 8 nitrogen and oxygen atoms in total. The Labute approximate surface area is 246 Å².